The zero-order valence-electron chi connectivity index (χ0n) is 43.2. The molecule has 1 nitrogen and oxygen atoms in total. The highest BCUT2D eigenvalue weighted by Gasteiger charge is 2.45. The van der Waals surface area contributed by atoms with Gasteiger partial charge in [0, 0.05) is 0 Å². The Labute approximate surface area is 436 Å². The fourth-order valence-corrected chi connectivity index (χ4v) is 10.1. The molecule has 0 amide bonds. The van der Waals surface area contributed by atoms with Crippen molar-refractivity contribution in [3.63, 3.8) is 0 Å². The van der Waals surface area contributed by atoms with Crippen molar-refractivity contribution < 1.29 is 75.1 Å². The Balaban J connectivity index is 0.000000334. The van der Waals surface area contributed by atoms with E-state index in [1.54, 1.807) is 4.90 Å². The Bertz CT molecular complexity index is 2310. The molecule has 1 N–H and O–H groups in total. The van der Waals surface area contributed by atoms with Gasteiger partial charge in [-0.1, -0.05) is 185 Å². The van der Waals surface area contributed by atoms with E-state index >= 15 is 17.6 Å². The van der Waals surface area contributed by atoms with Crippen LogP contribution in [0.5, 0.6) is 0 Å². The van der Waals surface area contributed by atoms with Gasteiger partial charge in [-0.15, -0.1) is 0 Å². The molecule has 0 radical (unpaired) electrons. The van der Waals surface area contributed by atoms with Gasteiger partial charge >= 0.3 is 0 Å². The van der Waals surface area contributed by atoms with Crippen LogP contribution in [0.1, 0.15) is 168 Å². The molecule has 420 valence electrons. The van der Waals surface area contributed by atoms with Gasteiger partial charge in [0.15, 0.2) is 69.8 Å². The van der Waals surface area contributed by atoms with Gasteiger partial charge in [0.2, 0.25) is 0 Å². The minimum atomic E-state index is -5.62. The molecule has 0 unspecified atom stereocenters. The highest BCUT2D eigenvalue weighted by atomic mass is 19.2. The van der Waals surface area contributed by atoms with E-state index < -0.39 is 145 Å². The van der Waals surface area contributed by atoms with Crippen LogP contribution in [-0.4, -0.2) is 19.2 Å². The molecule has 18 heteroatoms. The van der Waals surface area contributed by atoms with Gasteiger partial charge in [-0.25, -0.2) is 70.2 Å². The largest absolute Gasteiger partial charge is 0.302 e. The zero-order valence-corrected chi connectivity index (χ0v) is 43.2. The van der Waals surface area contributed by atoms with Crippen molar-refractivity contribution in [3.8, 4) is 0 Å². The number of rotatable bonds is 31. The first-order chi connectivity index (χ1) is 36.4. The van der Waals surface area contributed by atoms with E-state index in [1.165, 1.54) is 173 Å². The number of nitrogens with one attached hydrogen (secondary N) is 1. The third-order valence-electron chi connectivity index (χ3n) is 14.2. The van der Waals surface area contributed by atoms with Crippen LogP contribution in [0.4, 0.5) is 75.9 Å². The number of quaternary nitrogens is 1. The lowest BCUT2D eigenvalue weighted by Crippen LogP contribution is -3.07. The molecule has 0 aliphatic rings. The fourth-order valence-electron chi connectivity index (χ4n) is 10.1. The van der Waals surface area contributed by atoms with E-state index in [0.29, 0.717) is 0 Å². The van der Waals surface area contributed by atoms with Crippen LogP contribution in [0.2, 0.25) is 0 Å². The maximum atomic E-state index is 15.3. The molecule has 5 aromatic carbocycles. The summed E-state index contributed by atoms with van der Waals surface area (Å²) in [5.41, 5.74) is -7.55. The smallest absolute Gasteiger partial charge is 0.197 e. The van der Waals surface area contributed by atoms with E-state index in [-0.39, 0.29) is 0 Å². The van der Waals surface area contributed by atoms with Gasteiger partial charge in [-0.05, 0) is 37.8 Å². The molecule has 5 rings (SSSR count). The standard InChI is InChI=1S/C34H63N.C24H4BF16/c1-3-5-7-9-11-13-15-17-19-21-23-28-32-35(34-30-26-25-27-31-34)33-29-24-22-20-18-16-14-12-10-8-6-4-2;26-9-1-5(13(30)21(38)17(9)34)25(6-2-10(27)18(35)22(39)14(6)31,7-3-11(28)19(36)23(40)15(7)32)8-4-12(29)20(37)24(41)16(8)33/h25-27,30-31H,3-24,28-29,32-33H2,1-2H3;1-4H/q;-1/p+1. The highest BCUT2D eigenvalue weighted by Crippen LogP contribution is 2.27. The lowest BCUT2D eigenvalue weighted by atomic mass is 9.12. The van der Waals surface area contributed by atoms with Gasteiger partial charge in [0.1, 0.15) is 35.1 Å². The van der Waals surface area contributed by atoms with Crippen LogP contribution < -0.4 is 26.8 Å². The number of halogens is 16. The SMILES string of the molecule is CCCCCCCCCCCCCC[NH+](CCCCCCCCCCCCCC)c1ccccc1.Fc1cc([B-](c2cc(F)c(F)c(F)c2F)(c2cc(F)c(F)c(F)c2F)c2cc(F)c(F)c(F)c2F)c(F)c(F)c1F. The summed E-state index contributed by atoms with van der Waals surface area (Å²) in [4.78, 5) is 1.73. The van der Waals surface area contributed by atoms with Crippen molar-refractivity contribution >= 4 is 33.7 Å². The first-order valence-corrected chi connectivity index (χ1v) is 26.8. The Kier molecular flexibility index (Phi) is 26.8. The summed E-state index contributed by atoms with van der Waals surface area (Å²) in [6.45, 7) is 7.25. The Hall–Kier alpha value is -5.00. The van der Waals surface area contributed by atoms with E-state index in [9.17, 15) is 52.7 Å². The number of para-hydroxylation sites is 1. The lowest BCUT2D eigenvalue weighted by Gasteiger charge is -2.44. The maximum Gasteiger partial charge on any atom is 0.197 e. The topological polar surface area (TPSA) is 4.44 Å². The van der Waals surface area contributed by atoms with E-state index in [0.717, 1.165) is 0 Å². The predicted octanol–water partition coefficient (Wildman–Crippen LogP) is 15.9. The molecule has 5 aromatic rings. The quantitative estimate of drug-likeness (QED) is 0.0148. The third kappa shape index (κ3) is 16.5. The van der Waals surface area contributed by atoms with Crippen LogP contribution in [0.25, 0.3) is 0 Å². The molecule has 0 aromatic heterocycles. The Morgan fingerprint density at radius 1 is 0.276 bits per heavy atom. The van der Waals surface area contributed by atoms with Crippen LogP contribution in [0.15, 0.2) is 54.6 Å². The zero-order chi connectivity index (χ0) is 56.0. The molecule has 0 aliphatic carbocycles. The summed E-state index contributed by atoms with van der Waals surface area (Å²) in [5, 5.41) is 0. The third-order valence-corrected chi connectivity index (χ3v) is 14.2. The molecule has 0 spiro atoms. The van der Waals surface area contributed by atoms with Gasteiger partial charge in [-0.2, -0.15) is 21.9 Å². The summed E-state index contributed by atoms with van der Waals surface area (Å²) in [7, 11) is 0. The summed E-state index contributed by atoms with van der Waals surface area (Å²) in [6, 6.07) is 8.81. The molecule has 0 saturated carbocycles. The first kappa shape index (κ1) is 63.5. The van der Waals surface area contributed by atoms with E-state index in [2.05, 4.69) is 44.2 Å². The Morgan fingerprint density at radius 2 is 0.500 bits per heavy atom. The van der Waals surface area contributed by atoms with Crippen LogP contribution in [-0.2, 0) is 0 Å². The van der Waals surface area contributed by atoms with Crippen LogP contribution in [0, 0.1) is 93.1 Å². The van der Waals surface area contributed by atoms with Gasteiger partial charge in [0.05, 0.1) is 13.1 Å². The molecule has 0 saturated heterocycles. The minimum Gasteiger partial charge on any atom is -0.302 e. The molecule has 0 aliphatic heterocycles. The molecular weight excluding hydrogens is 1030 g/mol. The average molecular weight is 1090 g/mol. The van der Waals surface area contributed by atoms with Gasteiger partial charge in [0.25, 0.3) is 0 Å². The molecule has 0 heterocycles. The van der Waals surface area contributed by atoms with Crippen molar-refractivity contribution in [2.24, 2.45) is 0 Å². The monoisotopic (exact) mass is 1090 g/mol. The summed E-state index contributed by atoms with van der Waals surface area (Å²) in [5.74, 6) is -44.3. The predicted molar refractivity (Wildman–Crippen MR) is 268 cm³/mol. The number of unbranched alkanes of at least 4 members (excludes halogenated alkanes) is 22. The number of benzene rings is 5. The number of hydrogen-bond acceptors (Lipinski definition) is 0. The lowest BCUT2D eigenvalue weighted by molar-refractivity contribution is -0.833. The second-order valence-corrected chi connectivity index (χ2v) is 19.7. The molecule has 0 atom stereocenters. The van der Waals surface area contributed by atoms with Crippen LogP contribution >= 0.6 is 0 Å². The van der Waals surface area contributed by atoms with Crippen LogP contribution in [0.3, 0.4) is 0 Å². The number of hydrogen-bond donors (Lipinski definition) is 1. The summed E-state index contributed by atoms with van der Waals surface area (Å²) >= 11 is 0. The highest BCUT2D eigenvalue weighted by molar-refractivity contribution is 7.20. The van der Waals surface area contributed by atoms with Crippen molar-refractivity contribution in [2.75, 3.05) is 13.1 Å². The van der Waals surface area contributed by atoms with Gasteiger partial charge < -0.3 is 4.90 Å². The molecular formula is C58H68BF16N. The van der Waals surface area contributed by atoms with Crippen molar-refractivity contribution in [2.45, 2.75) is 168 Å². The summed E-state index contributed by atoms with van der Waals surface area (Å²) < 4.78 is 232. The first-order valence-electron chi connectivity index (χ1n) is 26.8. The molecule has 76 heavy (non-hydrogen) atoms. The van der Waals surface area contributed by atoms with E-state index in [1.807, 2.05) is 0 Å². The van der Waals surface area contributed by atoms with Gasteiger partial charge in [-0.3, -0.25) is 0 Å². The van der Waals surface area contributed by atoms with Crippen molar-refractivity contribution in [3.05, 3.63) is 148 Å². The second-order valence-electron chi connectivity index (χ2n) is 19.7. The maximum absolute atomic E-state index is 15.3. The fraction of sp³-hybridized carbons (Fsp3) is 0.483. The Morgan fingerprint density at radius 3 is 0.737 bits per heavy atom. The molecule has 0 bridgehead atoms. The van der Waals surface area contributed by atoms with E-state index in [4.69, 9.17) is 0 Å². The second kappa shape index (κ2) is 32.0. The average Bonchev–Trinajstić information content (AvgIpc) is 3.41. The van der Waals surface area contributed by atoms with Crippen molar-refractivity contribution in [1.29, 1.82) is 0 Å². The van der Waals surface area contributed by atoms with Crippen molar-refractivity contribution in [1.82, 2.24) is 0 Å². The normalized spacial score (nSPS) is 11.7. The molecule has 0 fully saturated rings. The minimum absolute atomic E-state index is 0.621. The summed E-state index contributed by atoms with van der Waals surface area (Å²) in [6.07, 6.45) is 28.9.